The van der Waals surface area contributed by atoms with Gasteiger partial charge in [-0.1, -0.05) is 29.3 Å². The van der Waals surface area contributed by atoms with Gasteiger partial charge in [0.1, 0.15) is 17.1 Å². The van der Waals surface area contributed by atoms with Crippen LogP contribution < -0.4 is 10.1 Å². The molecule has 0 N–H and O–H groups in total. The van der Waals surface area contributed by atoms with E-state index in [1.807, 2.05) is 42.5 Å². The molecule has 0 aliphatic heterocycles. The third-order valence-electron chi connectivity index (χ3n) is 4.71. The van der Waals surface area contributed by atoms with Gasteiger partial charge in [0.25, 0.3) is 0 Å². The molecule has 0 atom stereocenters. The molecule has 0 bridgehead atoms. The summed E-state index contributed by atoms with van der Waals surface area (Å²) in [6.07, 6.45) is 0. The second-order valence-electron chi connectivity index (χ2n) is 6.89. The molecule has 4 rings (SSSR count). The number of rotatable bonds is 3. The van der Waals surface area contributed by atoms with Crippen molar-refractivity contribution in [1.82, 2.24) is 0 Å². The first-order valence-electron chi connectivity index (χ1n) is 9.14. The Balaban J connectivity index is 2.01. The average Bonchev–Trinajstić information content (AvgIpc) is 2.69. The summed E-state index contributed by atoms with van der Waals surface area (Å²) in [6.45, 7) is 4.11. The zero-order valence-electron chi connectivity index (χ0n) is 16.3. The minimum atomic E-state index is 0.502. The number of fused-ring (bicyclic) bond motifs is 1. The molecule has 1 heterocycles. The Bertz CT molecular complexity index is 1270. The van der Waals surface area contributed by atoms with Crippen LogP contribution >= 0.6 is 23.2 Å². The maximum Gasteiger partial charge on any atom is 0.137 e. The van der Waals surface area contributed by atoms with Crippen LogP contribution in [-0.2, 0) is 0 Å². The minimum absolute atomic E-state index is 0.502. The molecule has 0 radical (unpaired) electrons. The van der Waals surface area contributed by atoms with Crippen molar-refractivity contribution in [2.24, 2.45) is 4.99 Å². The lowest BCUT2D eigenvalue weighted by atomic mass is 10.0. The lowest BCUT2D eigenvalue weighted by Crippen LogP contribution is -2.05. The second-order valence-corrected chi connectivity index (χ2v) is 7.73. The van der Waals surface area contributed by atoms with Crippen molar-refractivity contribution >= 4 is 39.9 Å². The van der Waals surface area contributed by atoms with E-state index >= 15 is 0 Å². The smallest absolute Gasteiger partial charge is 0.137 e. The van der Waals surface area contributed by atoms with Gasteiger partial charge in [-0.15, -0.1) is 0 Å². The monoisotopic (exact) mass is 423 g/mol. The largest absolute Gasteiger partial charge is 0.497 e. The van der Waals surface area contributed by atoms with Crippen LogP contribution in [0, 0.1) is 13.8 Å². The van der Waals surface area contributed by atoms with E-state index < -0.39 is 0 Å². The lowest BCUT2D eigenvalue weighted by Gasteiger charge is -2.09. The number of halogens is 2. The van der Waals surface area contributed by atoms with Gasteiger partial charge in [0.05, 0.1) is 23.2 Å². The fourth-order valence-corrected chi connectivity index (χ4v) is 3.82. The van der Waals surface area contributed by atoms with Gasteiger partial charge in [-0.2, -0.15) is 0 Å². The molecule has 0 amide bonds. The van der Waals surface area contributed by atoms with Crippen LogP contribution in [0.3, 0.4) is 0 Å². The lowest BCUT2D eigenvalue weighted by molar-refractivity contribution is 0.415. The number of hydrogen-bond acceptors (Lipinski definition) is 3. The average molecular weight is 424 g/mol. The van der Waals surface area contributed by atoms with Crippen LogP contribution in [0.15, 0.2) is 70.1 Å². The molecule has 146 valence electrons. The predicted molar refractivity (Wildman–Crippen MR) is 119 cm³/mol. The van der Waals surface area contributed by atoms with E-state index in [0.29, 0.717) is 21.5 Å². The highest BCUT2D eigenvalue weighted by molar-refractivity contribution is 6.36. The Morgan fingerprint density at radius 1 is 0.897 bits per heavy atom. The van der Waals surface area contributed by atoms with Crippen LogP contribution in [0.5, 0.6) is 5.75 Å². The molecule has 5 heteroatoms. The first-order chi connectivity index (χ1) is 13.9. The van der Waals surface area contributed by atoms with Crippen molar-refractivity contribution in [3.05, 3.63) is 87.2 Å². The fraction of sp³-hybridized carbons (Fsp3) is 0.125. The first kappa shape index (κ1) is 19.6. The van der Waals surface area contributed by atoms with Gasteiger partial charge >= 0.3 is 0 Å². The normalized spacial score (nSPS) is 11.8. The van der Waals surface area contributed by atoms with Crippen molar-refractivity contribution in [1.29, 1.82) is 0 Å². The van der Waals surface area contributed by atoms with E-state index in [0.717, 1.165) is 38.8 Å². The van der Waals surface area contributed by atoms with E-state index in [9.17, 15) is 0 Å². The highest BCUT2D eigenvalue weighted by Gasteiger charge is 2.10. The van der Waals surface area contributed by atoms with Crippen molar-refractivity contribution < 1.29 is 9.15 Å². The summed E-state index contributed by atoms with van der Waals surface area (Å²) in [5.74, 6) is 1.51. The van der Waals surface area contributed by atoms with Gasteiger partial charge in [0.2, 0.25) is 0 Å². The van der Waals surface area contributed by atoms with E-state index in [-0.39, 0.29) is 0 Å². The van der Waals surface area contributed by atoms with Crippen molar-refractivity contribution in [3.63, 3.8) is 0 Å². The van der Waals surface area contributed by atoms with Gasteiger partial charge in [0.15, 0.2) is 0 Å². The number of benzene rings is 3. The first-order valence-corrected chi connectivity index (χ1v) is 9.89. The molecule has 3 nitrogen and oxygen atoms in total. The molecule has 3 aromatic carbocycles. The van der Waals surface area contributed by atoms with E-state index in [1.165, 1.54) is 0 Å². The molecule has 0 saturated carbocycles. The summed E-state index contributed by atoms with van der Waals surface area (Å²) in [6, 6.07) is 19.1. The third-order valence-corrected chi connectivity index (χ3v) is 5.25. The van der Waals surface area contributed by atoms with Crippen LogP contribution in [0.25, 0.3) is 22.3 Å². The molecular weight excluding hydrogens is 405 g/mol. The van der Waals surface area contributed by atoms with Gasteiger partial charge in [-0.25, -0.2) is 4.99 Å². The van der Waals surface area contributed by atoms with Crippen LogP contribution in [0.2, 0.25) is 10.0 Å². The molecule has 0 unspecified atom stereocenters. The summed E-state index contributed by atoms with van der Waals surface area (Å²) in [5, 5.41) is 2.83. The summed E-state index contributed by atoms with van der Waals surface area (Å²) >= 11 is 12.4. The summed E-state index contributed by atoms with van der Waals surface area (Å²) in [5.41, 5.74) is 4.59. The molecule has 29 heavy (non-hydrogen) atoms. The molecule has 0 fully saturated rings. The topological polar surface area (TPSA) is 34.7 Å². The Hall–Kier alpha value is -2.75. The van der Waals surface area contributed by atoms with Crippen molar-refractivity contribution in [2.45, 2.75) is 13.8 Å². The number of ether oxygens (including phenoxy) is 1. The van der Waals surface area contributed by atoms with Gasteiger partial charge in [-0.3, -0.25) is 0 Å². The van der Waals surface area contributed by atoms with Gasteiger partial charge in [0, 0.05) is 22.0 Å². The van der Waals surface area contributed by atoms with Crippen LogP contribution in [-0.4, -0.2) is 7.11 Å². The standard InChI is InChI=1S/C24H19Cl2NO2/c1-14-10-15(2)24-21(27-20-9-6-17(25)12-19(20)26)13-22(29-23(24)11-14)16-4-7-18(28-3)8-5-16/h4-13H,1-3H3. The van der Waals surface area contributed by atoms with Crippen LogP contribution in [0.4, 0.5) is 5.69 Å². The summed E-state index contributed by atoms with van der Waals surface area (Å²) in [4.78, 5) is 4.85. The van der Waals surface area contributed by atoms with Gasteiger partial charge < -0.3 is 9.15 Å². The fourth-order valence-electron chi connectivity index (χ4n) is 3.37. The Morgan fingerprint density at radius 3 is 2.34 bits per heavy atom. The highest BCUT2D eigenvalue weighted by atomic mass is 35.5. The quantitative estimate of drug-likeness (QED) is 0.347. The van der Waals surface area contributed by atoms with E-state index in [2.05, 4.69) is 19.9 Å². The highest BCUT2D eigenvalue weighted by Crippen LogP contribution is 2.30. The Labute approximate surface area is 179 Å². The molecule has 4 aromatic rings. The molecule has 0 aliphatic rings. The number of hydrogen-bond donors (Lipinski definition) is 0. The third kappa shape index (κ3) is 4.02. The minimum Gasteiger partial charge on any atom is -0.497 e. The second kappa shape index (κ2) is 7.94. The molecule has 0 saturated heterocycles. The van der Waals surface area contributed by atoms with Gasteiger partial charge in [-0.05, 0) is 73.5 Å². The van der Waals surface area contributed by atoms with Crippen LogP contribution in [0.1, 0.15) is 11.1 Å². The maximum absolute atomic E-state index is 6.37. The van der Waals surface area contributed by atoms with E-state index in [1.54, 1.807) is 19.2 Å². The van der Waals surface area contributed by atoms with Crippen molar-refractivity contribution in [3.8, 4) is 17.1 Å². The molecule has 1 aromatic heterocycles. The zero-order valence-corrected chi connectivity index (χ0v) is 17.8. The van der Waals surface area contributed by atoms with E-state index in [4.69, 9.17) is 37.3 Å². The SMILES string of the molecule is COc1ccc(-c2cc(=Nc3ccc(Cl)cc3Cl)c3c(C)cc(C)cc3o2)cc1. The Kier molecular flexibility index (Phi) is 5.35. The predicted octanol–water partition coefficient (Wildman–Crippen LogP) is 7.26. The molecule has 0 aliphatic carbocycles. The maximum atomic E-state index is 6.37. The number of aryl methyl sites for hydroxylation is 2. The Morgan fingerprint density at radius 2 is 1.66 bits per heavy atom. The summed E-state index contributed by atoms with van der Waals surface area (Å²) in [7, 11) is 1.65. The number of methoxy groups -OCH3 is 1. The zero-order chi connectivity index (χ0) is 20.5. The molecule has 0 spiro atoms. The van der Waals surface area contributed by atoms with Crippen molar-refractivity contribution in [2.75, 3.05) is 7.11 Å². The summed E-state index contributed by atoms with van der Waals surface area (Å²) < 4.78 is 11.5. The number of nitrogens with zero attached hydrogens (tertiary/aromatic N) is 1. The molecular formula is C24H19Cl2NO2.